The van der Waals surface area contributed by atoms with Crippen molar-refractivity contribution in [1.29, 1.82) is 0 Å². The smallest absolute Gasteiger partial charge is 0.272 e. The van der Waals surface area contributed by atoms with Crippen LogP contribution in [0.1, 0.15) is 28.4 Å². The molecule has 0 atom stereocenters. The lowest BCUT2D eigenvalue weighted by Gasteiger charge is -2.05. The monoisotopic (exact) mass is 329 g/mol. The molecule has 2 rings (SSSR count). The number of benzene rings is 2. The number of amides is 1. The standard InChI is InChI=1S/C16H15N3O5/c1-9-5-11(3-4-15(9)19(23)24)16(22)18-17-10(2)12-6-13(20)8-14(21)7-12/h3-8,20-21H,1-2H3,(H,18,22). The summed E-state index contributed by atoms with van der Waals surface area (Å²) in [4.78, 5) is 22.3. The molecule has 2 aromatic rings. The van der Waals surface area contributed by atoms with E-state index in [1.54, 1.807) is 13.8 Å². The van der Waals surface area contributed by atoms with Gasteiger partial charge in [0.05, 0.1) is 10.6 Å². The van der Waals surface area contributed by atoms with E-state index in [-0.39, 0.29) is 22.7 Å². The Hall–Kier alpha value is -3.42. The van der Waals surface area contributed by atoms with Gasteiger partial charge in [0.15, 0.2) is 0 Å². The van der Waals surface area contributed by atoms with Crippen LogP contribution in [0.3, 0.4) is 0 Å². The van der Waals surface area contributed by atoms with Crippen molar-refractivity contribution in [1.82, 2.24) is 5.43 Å². The molecule has 1 amide bonds. The van der Waals surface area contributed by atoms with Crippen molar-refractivity contribution in [2.75, 3.05) is 0 Å². The minimum Gasteiger partial charge on any atom is -0.508 e. The maximum absolute atomic E-state index is 12.1. The summed E-state index contributed by atoms with van der Waals surface area (Å²) in [6, 6.07) is 7.95. The Kier molecular flexibility index (Phi) is 4.78. The van der Waals surface area contributed by atoms with Crippen LogP contribution < -0.4 is 5.43 Å². The average molecular weight is 329 g/mol. The third-order valence-corrected chi connectivity index (χ3v) is 3.30. The van der Waals surface area contributed by atoms with Gasteiger partial charge in [-0.25, -0.2) is 5.43 Å². The van der Waals surface area contributed by atoms with E-state index in [4.69, 9.17) is 0 Å². The largest absolute Gasteiger partial charge is 0.508 e. The summed E-state index contributed by atoms with van der Waals surface area (Å²) in [6.45, 7) is 3.13. The fourth-order valence-corrected chi connectivity index (χ4v) is 2.07. The van der Waals surface area contributed by atoms with Gasteiger partial charge < -0.3 is 10.2 Å². The number of nitro groups is 1. The van der Waals surface area contributed by atoms with Crippen LogP contribution in [0.2, 0.25) is 0 Å². The molecule has 0 aliphatic heterocycles. The maximum Gasteiger partial charge on any atom is 0.272 e. The Morgan fingerprint density at radius 1 is 1.12 bits per heavy atom. The van der Waals surface area contributed by atoms with Gasteiger partial charge >= 0.3 is 0 Å². The molecule has 124 valence electrons. The van der Waals surface area contributed by atoms with E-state index in [0.29, 0.717) is 16.8 Å². The Balaban J connectivity index is 2.17. The molecule has 0 spiro atoms. The van der Waals surface area contributed by atoms with Gasteiger partial charge in [-0.2, -0.15) is 5.10 Å². The molecule has 0 fully saturated rings. The van der Waals surface area contributed by atoms with Crippen molar-refractivity contribution < 1.29 is 19.9 Å². The Morgan fingerprint density at radius 3 is 2.29 bits per heavy atom. The van der Waals surface area contributed by atoms with Crippen LogP contribution in [0, 0.1) is 17.0 Å². The molecule has 0 aliphatic carbocycles. The second-order valence-corrected chi connectivity index (χ2v) is 5.13. The molecule has 8 nitrogen and oxygen atoms in total. The zero-order valence-electron chi connectivity index (χ0n) is 13.0. The van der Waals surface area contributed by atoms with Crippen LogP contribution in [0.5, 0.6) is 11.5 Å². The molecule has 8 heteroatoms. The lowest BCUT2D eigenvalue weighted by atomic mass is 10.1. The van der Waals surface area contributed by atoms with Gasteiger partial charge in [-0.3, -0.25) is 14.9 Å². The molecule has 0 bridgehead atoms. The predicted molar refractivity (Wildman–Crippen MR) is 87.3 cm³/mol. The number of hydrogen-bond acceptors (Lipinski definition) is 6. The average Bonchev–Trinajstić information content (AvgIpc) is 2.50. The molecular formula is C16H15N3O5. The summed E-state index contributed by atoms with van der Waals surface area (Å²) in [5.74, 6) is -0.787. The highest BCUT2D eigenvalue weighted by molar-refractivity contribution is 6.01. The first-order valence-electron chi connectivity index (χ1n) is 6.91. The predicted octanol–water partition coefficient (Wildman–Crippen LogP) is 2.47. The summed E-state index contributed by atoms with van der Waals surface area (Å²) in [7, 11) is 0. The fraction of sp³-hybridized carbons (Fsp3) is 0.125. The van der Waals surface area contributed by atoms with E-state index in [1.165, 1.54) is 36.4 Å². The number of rotatable bonds is 4. The van der Waals surface area contributed by atoms with Crippen molar-refractivity contribution >= 4 is 17.3 Å². The third kappa shape index (κ3) is 3.86. The zero-order chi connectivity index (χ0) is 17.9. The number of hydrogen-bond donors (Lipinski definition) is 3. The number of nitro benzene ring substituents is 1. The molecule has 0 aromatic heterocycles. The number of nitrogens with zero attached hydrogens (tertiary/aromatic N) is 2. The minimum atomic E-state index is -0.531. The Bertz CT molecular complexity index is 825. The first-order valence-corrected chi connectivity index (χ1v) is 6.91. The first kappa shape index (κ1) is 16.9. The van der Waals surface area contributed by atoms with E-state index >= 15 is 0 Å². The van der Waals surface area contributed by atoms with E-state index in [9.17, 15) is 25.1 Å². The van der Waals surface area contributed by atoms with Gasteiger partial charge in [0, 0.05) is 28.8 Å². The van der Waals surface area contributed by atoms with Gasteiger partial charge in [-0.1, -0.05) is 0 Å². The highest BCUT2D eigenvalue weighted by Gasteiger charge is 2.13. The van der Waals surface area contributed by atoms with Crippen molar-refractivity contribution in [2.45, 2.75) is 13.8 Å². The van der Waals surface area contributed by atoms with Crippen LogP contribution >= 0.6 is 0 Å². The zero-order valence-corrected chi connectivity index (χ0v) is 13.0. The topological polar surface area (TPSA) is 125 Å². The van der Waals surface area contributed by atoms with Crippen LogP contribution in [0.15, 0.2) is 41.5 Å². The number of hydrazone groups is 1. The molecule has 2 aromatic carbocycles. The van der Waals surface area contributed by atoms with Crippen LogP contribution in [-0.2, 0) is 0 Å². The van der Waals surface area contributed by atoms with E-state index < -0.39 is 10.8 Å². The molecule has 0 unspecified atom stereocenters. The lowest BCUT2D eigenvalue weighted by molar-refractivity contribution is -0.385. The van der Waals surface area contributed by atoms with E-state index in [0.717, 1.165) is 0 Å². The van der Waals surface area contributed by atoms with Gasteiger partial charge in [0.1, 0.15) is 11.5 Å². The minimum absolute atomic E-state index is 0.0681. The number of aromatic hydroxyl groups is 2. The van der Waals surface area contributed by atoms with Crippen molar-refractivity contribution in [3.63, 3.8) is 0 Å². The quantitative estimate of drug-likeness (QED) is 0.451. The number of phenolic OH excluding ortho intramolecular Hbond substituents is 2. The number of carbonyl (C=O) groups is 1. The second kappa shape index (κ2) is 6.78. The first-order chi connectivity index (χ1) is 11.3. The molecule has 0 radical (unpaired) electrons. The molecule has 0 aliphatic rings. The molecule has 3 N–H and O–H groups in total. The van der Waals surface area contributed by atoms with Gasteiger partial charge in [0.2, 0.25) is 0 Å². The van der Waals surface area contributed by atoms with Crippen LogP contribution in [-0.4, -0.2) is 26.8 Å². The molecule has 0 heterocycles. The summed E-state index contributed by atoms with van der Waals surface area (Å²) in [5.41, 5.74) is 3.66. The highest BCUT2D eigenvalue weighted by Crippen LogP contribution is 2.21. The summed E-state index contributed by atoms with van der Waals surface area (Å²) in [5, 5.41) is 33.6. The van der Waals surface area contributed by atoms with Crippen molar-refractivity contribution in [2.24, 2.45) is 5.10 Å². The van der Waals surface area contributed by atoms with Crippen molar-refractivity contribution in [3.8, 4) is 11.5 Å². The maximum atomic E-state index is 12.1. The molecule has 0 saturated heterocycles. The molecule has 24 heavy (non-hydrogen) atoms. The summed E-state index contributed by atoms with van der Waals surface area (Å²) in [6.07, 6.45) is 0. The molecular weight excluding hydrogens is 314 g/mol. The number of phenols is 2. The van der Waals surface area contributed by atoms with Gasteiger partial charge in [0.25, 0.3) is 11.6 Å². The molecule has 0 saturated carbocycles. The Morgan fingerprint density at radius 2 is 1.75 bits per heavy atom. The Labute approximate surface area is 137 Å². The van der Waals surface area contributed by atoms with Crippen LogP contribution in [0.25, 0.3) is 0 Å². The summed E-state index contributed by atoms with van der Waals surface area (Å²) < 4.78 is 0. The number of carbonyl (C=O) groups excluding carboxylic acids is 1. The highest BCUT2D eigenvalue weighted by atomic mass is 16.6. The SMILES string of the molecule is CC(=NNC(=O)c1ccc([N+](=O)[O-])c(C)c1)c1cc(O)cc(O)c1. The van der Waals surface area contributed by atoms with E-state index in [2.05, 4.69) is 10.5 Å². The normalized spacial score (nSPS) is 11.2. The number of nitrogens with one attached hydrogen (secondary N) is 1. The van der Waals surface area contributed by atoms with Gasteiger partial charge in [-0.15, -0.1) is 0 Å². The van der Waals surface area contributed by atoms with Crippen LogP contribution in [0.4, 0.5) is 5.69 Å². The van der Waals surface area contributed by atoms with Crippen molar-refractivity contribution in [3.05, 3.63) is 63.2 Å². The lowest BCUT2D eigenvalue weighted by Crippen LogP contribution is -2.19. The summed E-state index contributed by atoms with van der Waals surface area (Å²) >= 11 is 0. The third-order valence-electron chi connectivity index (χ3n) is 3.30. The number of aryl methyl sites for hydroxylation is 1. The van der Waals surface area contributed by atoms with Gasteiger partial charge in [-0.05, 0) is 38.1 Å². The second-order valence-electron chi connectivity index (χ2n) is 5.13. The fourth-order valence-electron chi connectivity index (χ4n) is 2.07. The van der Waals surface area contributed by atoms with E-state index in [1.807, 2.05) is 0 Å².